The van der Waals surface area contributed by atoms with Crippen LogP contribution in [0.1, 0.15) is 38.3 Å². The third kappa shape index (κ3) is 3.36. The van der Waals surface area contributed by atoms with Gasteiger partial charge in [0.2, 0.25) is 0 Å². The second-order valence-electron chi connectivity index (χ2n) is 5.65. The highest BCUT2D eigenvalue weighted by atomic mass is 79.9. The van der Waals surface area contributed by atoms with E-state index in [4.69, 9.17) is 5.73 Å². The lowest BCUT2D eigenvalue weighted by Gasteiger charge is -2.42. The highest BCUT2D eigenvalue weighted by Crippen LogP contribution is 2.31. The molecule has 2 nitrogen and oxygen atoms in total. The SMILES string of the molecule is CC1CCC(C)N(C(CN)c2ccc(F)c(Br)c2)C1. The van der Waals surface area contributed by atoms with Crippen LogP contribution in [0.4, 0.5) is 4.39 Å². The molecule has 0 amide bonds. The Balaban J connectivity index is 2.25. The van der Waals surface area contributed by atoms with Crippen molar-refractivity contribution in [2.45, 2.75) is 38.8 Å². The molecule has 0 aliphatic carbocycles. The van der Waals surface area contributed by atoms with E-state index in [0.717, 1.165) is 12.1 Å². The van der Waals surface area contributed by atoms with Crippen LogP contribution in [0.3, 0.4) is 0 Å². The minimum Gasteiger partial charge on any atom is -0.329 e. The highest BCUT2D eigenvalue weighted by Gasteiger charge is 2.29. The third-order valence-electron chi connectivity index (χ3n) is 4.12. The molecule has 0 bridgehead atoms. The van der Waals surface area contributed by atoms with Gasteiger partial charge in [0.1, 0.15) is 5.82 Å². The molecular weight excluding hydrogens is 307 g/mol. The monoisotopic (exact) mass is 328 g/mol. The van der Waals surface area contributed by atoms with E-state index < -0.39 is 0 Å². The van der Waals surface area contributed by atoms with Crippen molar-refractivity contribution in [3.63, 3.8) is 0 Å². The molecule has 1 saturated heterocycles. The molecule has 2 rings (SSSR count). The van der Waals surface area contributed by atoms with Gasteiger partial charge in [-0.1, -0.05) is 13.0 Å². The average molecular weight is 329 g/mol. The van der Waals surface area contributed by atoms with Gasteiger partial charge in [0.05, 0.1) is 4.47 Å². The molecule has 0 saturated carbocycles. The summed E-state index contributed by atoms with van der Waals surface area (Å²) in [6, 6.07) is 5.94. The molecule has 1 aromatic rings. The van der Waals surface area contributed by atoms with Crippen LogP contribution in [-0.4, -0.2) is 24.0 Å². The van der Waals surface area contributed by atoms with Gasteiger partial charge in [0, 0.05) is 25.2 Å². The van der Waals surface area contributed by atoms with Crippen LogP contribution < -0.4 is 5.73 Å². The van der Waals surface area contributed by atoms with Crippen molar-refractivity contribution < 1.29 is 4.39 Å². The van der Waals surface area contributed by atoms with E-state index in [9.17, 15) is 4.39 Å². The summed E-state index contributed by atoms with van der Waals surface area (Å²) in [5.41, 5.74) is 7.07. The first-order valence-corrected chi connectivity index (χ1v) is 7.73. The zero-order valence-electron chi connectivity index (χ0n) is 11.6. The quantitative estimate of drug-likeness (QED) is 0.916. The van der Waals surface area contributed by atoms with Crippen molar-refractivity contribution in [1.82, 2.24) is 4.90 Å². The smallest absolute Gasteiger partial charge is 0.137 e. The molecule has 4 heteroatoms. The van der Waals surface area contributed by atoms with Gasteiger partial charge in [-0.05, 0) is 59.3 Å². The summed E-state index contributed by atoms with van der Waals surface area (Å²) in [5.74, 6) is 0.480. The number of benzene rings is 1. The average Bonchev–Trinajstić information content (AvgIpc) is 2.38. The Labute approximate surface area is 123 Å². The molecule has 1 aliphatic heterocycles. The summed E-state index contributed by atoms with van der Waals surface area (Å²) in [5, 5.41) is 0. The number of hydrogen-bond acceptors (Lipinski definition) is 2. The molecule has 1 heterocycles. The van der Waals surface area contributed by atoms with Crippen LogP contribution in [0.5, 0.6) is 0 Å². The maximum absolute atomic E-state index is 13.4. The van der Waals surface area contributed by atoms with E-state index in [1.807, 2.05) is 12.1 Å². The molecule has 1 aromatic carbocycles. The zero-order chi connectivity index (χ0) is 14.0. The predicted octanol–water partition coefficient (Wildman–Crippen LogP) is 3.71. The molecule has 0 aromatic heterocycles. The lowest BCUT2D eigenvalue weighted by molar-refractivity contribution is 0.0798. The number of piperidine rings is 1. The Kier molecular flexibility index (Phi) is 4.98. The predicted molar refractivity (Wildman–Crippen MR) is 80.5 cm³/mol. The molecule has 0 radical (unpaired) electrons. The van der Waals surface area contributed by atoms with Gasteiger partial charge in [-0.3, -0.25) is 4.90 Å². The van der Waals surface area contributed by atoms with Gasteiger partial charge in [-0.15, -0.1) is 0 Å². The Morgan fingerprint density at radius 3 is 2.79 bits per heavy atom. The largest absolute Gasteiger partial charge is 0.329 e. The summed E-state index contributed by atoms with van der Waals surface area (Å²) in [6.45, 7) is 6.17. The van der Waals surface area contributed by atoms with Crippen LogP contribution in [0.2, 0.25) is 0 Å². The van der Waals surface area contributed by atoms with E-state index in [0.29, 0.717) is 23.0 Å². The number of hydrogen-bond donors (Lipinski definition) is 1. The van der Waals surface area contributed by atoms with Crippen molar-refractivity contribution >= 4 is 15.9 Å². The Bertz CT molecular complexity index is 438. The van der Waals surface area contributed by atoms with E-state index in [2.05, 4.69) is 34.7 Å². The second kappa shape index (κ2) is 6.33. The maximum atomic E-state index is 13.4. The van der Waals surface area contributed by atoms with E-state index in [1.54, 1.807) is 0 Å². The number of halogens is 2. The summed E-state index contributed by atoms with van der Waals surface area (Å²) < 4.78 is 13.9. The van der Waals surface area contributed by atoms with E-state index in [1.165, 1.54) is 18.9 Å². The number of nitrogens with zero attached hydrogens (tertiary/aromatic N) is 1. The molecule has 3 atom stereocenters. The standard InChI is InChI=1S/C15H22BrFN2/c1-10-3-4-11(2)19(9-10)15(8-18)12-5-6-14(17)13(16)7-12/h5-7,10-11,15H,3-4,8-9,18H2,1-2H3. The summed E-state index contributed by atoms with van der Waals surface area (Å²) in [6.07, 6.45) is 2.49. The fourth-order valence-electron chi connectivity index (χ4n) is 2.94. The minimum absolute atomic E-state index is 0.176. The van der Waals surface area contributed by atoms with Gasteiger partial charge in [0.15, 0.2) is 0 Å². The van der Waals surface area contributed by atoms with Crippen LogP contribution in [-0.2, 0) is 0 Å². The van der Waals surface area contributed by atoms with Crippen molar-refractivity contribution in [3.05, 3.63) is 34.1 Å². The third-order valence-corrected chi connectivity index (χ3v) is 4.73. The lowest BCUT2D eigenvalue weighted by Crippen LogP contribution is -2.45. The van der Waals surface area contributed by atoms with Crippen molar-refractivity contribution in [3.8, 4) is 0 Å². The normalized spacial score (nSPS) is 26.4. The first kappa shape index (κ1) is 14.9. The molecule has 0 spiro atoms. The Hall–Kier alpha value is -0.450. The van der Waals surface area contributed by atoms with Crippen LogP contribution in [0.25, 0.3) is 0 Å². The lowest BCUT2D eigenvalue weighted by atomic mass is 9.91. The fraction of sp³-hybridized carbons (Fsp3) is 0.600. The molecule has 1 aliphatic rings. The second-order valence-corrected chi connectivity index (χ2v) is 6.51. The molecular formula is C15H22BrFN2. The van der Waals surface area contributed by atoms with E-state index in [-0.39, 0.29) is 11.9 Å². The van der Waals surface area contributed by atoms with Gasteiger partial charge in [-0.25, -0.2) is 4.39 Å². The molecule has 19 heavy (non-hydrogen) atoms. The zero-order valence-corrected chi connectivity index (χ0v) is 13.2. The maximum Gasteiger partial charge on any atom is 0.137 e. The summed E-state index contributed by atoms with van der Waals surface area (Å²) in [4.78, 5) is 2.47. The van der Waals surface area contributed by atoms with Gasteiger partial charge in [0.25, 0.3) is 0 Å². The Morgan fingerprint density at radius 1 is 1.42 bits per heavy atom. The van der Waals surface area contributed by atoms with Gasteiger partial charge in [-0.2, -0.15) is 0 Å². The summed E-state index contributed by atoms with van der Waals surface area (Å²) in [7, 11) is 0. The molecule has 106 valence electrons. The number of rotatable bonds is 3. The number of likely N-dealkylation sites (tertiary alicyclic amines) is 1. The first-order chi connectivity index (χ1) is 9.02. The van der Waals surface area contributed by atoms with Crippen LogP contribution in [0, 0.1) is 11.7 Å². The van der Waals surface area contributed by atoms with Gasteiger partial charge >= 0.3 is 0 Å². The van der Waals surface area contributed by atoms with Crippen LogP contribution in [0.15, 0.2) is 22.7 Å². The molecule has 2 N–H and O–H groups in total. The fourth-order valence-corrected chi connectivity index (χ4v) is 3.34. The first-order valence-electron chi connectivity index (χ1n) is 6.93. The number of nitrogens with two attached hydrogens (primary N) is 1. The summed E-state index contributed by atoms with van der Waals surface area (Å²) >= 11 is 3.26. The molecule has 1 fully saturated rings. The Morgan fingerprint density at radius 2 is 2.16 bits per heavy atom. The molecule has 3 unspecified atom stereocenters. The minimum atomic E-state index is -0.223. The highest BCUT2D eigenvalue weighted by molar-refractivity contribution is 9.10. The van der Waals surface area contributed by atoms with Crippen LogP contribution >= 0.6 is 15.9 Å². The van der Waals surface area contributed by atoms with Gasteiger partial charge < -0.3 is 5.73 Å². The van der Waals surface area contributed by atoms with E-state index >= 15 is 0 Å². The van der Waals surface area contributed by atoms with Crippen molar-refractivity contribution in [1.29, 1.82) is 0 Å². The van der Waals surface area contributed by atoms with Crippen molar-refractivity contribution in [2.24, 2.45) is 11.7 Å². The topological polar surface area (TPSA) is 29.3 Å². The van der Waals surface area contributed by atoms with Crippen molar-refractivity contribution in [2.75, 3.05) is 13.1 Å².